The number of halogens is 1. The lowest BCUT2D eigenvalue weighted by atomic mass is 10.0. The van der Waals surface area contributed by atoms with Crippen molar-refractivity contribution < 1.29 is 18.8 Å². The lowest BCUT2D eigenvalue weighted by Gasteiger charge is -2.31. The highest BCUT2D eigenvalue weighted by Gasteiger charge is 2.39. The number of amides is 4. The highest BCUT2D eigenvalue weighted by atomic mass is 19.1. The highest BCUT2D eigenvalue weighted by molar-refractivity contribution is 6.23. The molecule has 0 aromatic heterocycles. The molecule has 0 saturated carbocycles. The molecule has 1 fully saturated rings. The number of nitrogens with one attached hydrogen (secondary N) is 2. The van der Waals surface area contributed by atoms with E-state index in [0.717, 1.165) is 16.0 Å². The van der Waals surface area contributed by atoms with Crippen LogP contribution in [-0.4, -0.2) is 24.4 Å². The Morgan fingerprint density at radius 1 is 1.07 bits per heavy atom. The van der Waals surface area contributed by atoms with E-state index in [1.54, 1.807) is 25.1 Å². The number of aryl methyl sites for hydroxylation is 3. The molecule has 1 heterocycles. The van der Waals surface area contributed by atoms with Crippen LogP contribution < -0.4 is 15.5 Å². The largest absolute Gasteiger partial charge is 0.336 e. The van der Waals surface area contributed by atoms with Crippen molar-refractivity contribution in [1.82, 2.24) is 5.32 Å². The second-order valence-electron chi connectivity index (χ2n) is 6.63. The van der Waals surface area contributed by atoms with Gasteiger partial charge in [-0.15, -0.1) is 0 Å². The van der Waals surface area contributed by atoms with Crippen molar-refractivity contribution in [3.05, 3.63) is 58.9 Å². The van der Waals surface area contributed by atoms with Crippen LogP contribution in [0.5, 0.6) is 0 Å². The zero-order chi connectivity index (χ0) is 19.7. The third kappa shape index (κ3) is 3.67. The van der Waals surface area contributed by atoms with Crippen molar-refractivity contribution >= 4 is 29.2 Å². The second kappa shape index (κ2) is 7.19. The average Bonchev–Trinajstić information content (AvgIpc) is 2.61. The SMILES string of the molecule is Cc1ccc(N2C(=O)NCC(C(=O)Nc3ccc(C)c(F)c3)C2=O)cc1C. The third-order valence-electron chi connectivity index (χ3n) is 4.68. The van der Waals surface area contributed by atoms with E-state index in [0.29, 0.717) is 11.3 Å². The molecule has 3 rings (SSSR count). The summed E-state index contributed by atoms with van der Waals surface area (Å²) in [5.41, 5.74) is 3.06. The summed E-state index contributed by atoms with van der Waals surface area (Å²) in [7, 11) is 0. The van der Waals surface area contributed by atoms with Gasteiger partial charge < -0.3 is 10.6 Å². The van der Waals surface area contributed by atoms with Crippen LogP contribution in [-0.2, 0) is 9.59 Å². The predicted octanol–water partition coefficient (Wildman–Crippen LogP) is 3.06. The van der Waals surface area contributed by atoms with Gasteiger partial charge >= 0.3 is 6.03 Å². The summed E-state index contributed by atoms with van der Waals surface area (Å²) in [5, 5.41) is 5.10. The van der Waals surface area contributed by atoms with E-state index in [2.05, 4.69) is 10.6 Å². The molecule has 27 heavy (non-hydrogen) atoms. The molecule has 0 bridgehead atoms. The molecule has 140 valence electrons. The monoisotopic (exact) mass is 369 g/mol. The van der Waals surface area contributed by atoms with Crippen LogP contribution in [0.3, 0.4) is 0 Å². The van der Waals surface area contributed by atoms with Crippen LogP contribution in [0.2, 0.25) is 0 Å². The molecule has 0 radical (unpaired) electrons. The molecular weight excluding hydrogens is 349 g/mol. The summed E-state index contributed by atoms with van der Waals surface area (Å²) in [4.78, 5) is 38.6. The fourth-order valence-electron chi connectivity index (χ4n) is 2.83. The van der Waals surface area contributed by atoms with Crippen LogP contribution in [0.1, 0.15) is 16.7 Å². The Hall–Kier alpha value is -3.22. The number of imide groups is 1. The molecule has 0 spiro atoms. The lowest BCUT2D eigenvalue weighted by Crippen LogP contribution is -2.58. The van der Waals surface area contributed by atoms with E-state index in [4.69, 9.17) is 0 Å². The molecule has 1 atom stereocenters. The van der Waals surface area contributed by atoms with E-state index in [1.807, 2.05) is 19.9 Å². The van der Waals surface area contributed by atoms with Gasteiger partial charge in [0.1, 0.15) is 11.7 Å². The van der Waals surface area contributed by atoms with Crippen molar-refractivity contribution in [3.63, 3.8) is 0 Å². The quantitative estimate of drug-likeness (QED) is 0.816. The number of benzene rings is 2. The normalized spacial score (nSPS) is 16.9. The number of anilines is 2. The summed E-state index contributed by atoms with van der Waals surface area (Å²) in [6.07, 6.45) is 0. The van der Waals surface area contributed by atoms with Crippen LogP contribution in [0.4, 0.5) is 20.6 Å². The Bertz CT molecular complexity index is 942. The van der Waals surface area contributed by atoms with Crippen molar-refractivity contribution in [2.24, 2.45) is 5.92 Å². The van der Waals surface area contributed by atoms with Crippen molar-refractivity contribution in [2.45, 2.75) is 20.8 Å². The summed E-state index contributed by atoms with van der Waals surface area (Å²) >= 11 is 0. The first-order valence-corrected chi connectivity index (χ1v) is 8.54. The molecule has 2 aromatic rings. The van der Waals surface area contributed by atoms with Crippen LogP contribution in [0.25, 0.3) is 0 Å². The number of carbonyl (C=O) groups is 3. The van der Waals surface area contributed by atoms with Gasteiger partial charge in [0.25, 0.3) is 0 Å². The second-order valence-corrected chi connectivity index (χ2v) is 6.63. The van der Waals surface area contributed by atoms with Gasteiger partial charge in [-0.25, -0.2) is 14.1 Å². The first kappa shape index (κ1) is 18.6. The third-order valence-corrected chi connectivity index (χ3v) is 4.68. The average molecular weight is 369 g/mol. The van der Waals surface area contributed by atoms with Gasteiger partial charge in [0.15, 0.2) is 0 Å². The number of nitrogens with zero attached hydrogens (tertiary/aromatic N) is 1. The summed E-state index contributed by atoms with van der Waals surface area (Å²) < 4.78 is 13.7. The van der Waals surface area contributed by atoms with Crippen LogP contribution in [0, 0.1) is 32.5 Å². The smallest absolute Gasteiger partial charge is 0.328 e. The number of rotatable bonds is 3. The predicted molar refractivity (Wildman–Crippen MR) is 100 cm³/mol. The minimum Gasteiger partial charge on any atom is -0.336 e. The van der Waals surface area contributed by atoms with Gasteiger partial charge in [-0.2, -0.15) is 0 Å². The fourth-order valence-corrected chi connectivity index (χ4v) is 2.83. The summed E-state index contributed by atoms with van der Waals surface area (Å²) in [6, 6.07) is 8.91. The maximum atomic E-state index is 13.7. The first-order valence-electron chi connectivity index (χ1n) is 8.54. The van der Waals surface area contributed by atoms with Gasteiger partial charge in [0.05, 0.1) is 5.69 Å². The lowest BCUT2D eigenvalue weighted by molar-refractivity contribution is -0.130. The number of hydrogen-bond acceptors (Lipinski definition) is 3. The molecule has 2 aromatic carbocycles. The van der Waals surface area contributed by atoms with Gasteiger partial charge in [0.2, 0.25) is 11.8 Å². The van der Waals surface area contributed by atoms with Crippen molar-refractivity contribution in [3.8, 4) is 0 Å². The minimum absolute atomic E-state index is 0.112. The molecule has 1 saturated heterocycles. The molecule has 1 aliphatic rings. The van der Waals surface area contributed by atoms with Crippen molar-refractivity contribution in [2.75, 3.05) is 16.8 Å². The molecule has 1 aliphatic heterocycles. The number of hydrogen-bond donors (Lipinski definition) is 2. The van der Waals surface area contributed by atoms with E-state index in [-0.39, 0.29) is 12.2 Å². The Morgan fingerprint density at radius 3 is 2.44 bits per heavy atom. The van der Waals surface area contributed by atoms with Gasteiger partial charge in [-0.3, -0.25) is 9.59 Å². The number of urea groups is 1. The Labute approximate surface area is 156 Å². The molecule has 0 aliphatic carbocycles. The molecule has 4 amide bonds. The molecule has 2 N–H and O–H groups in total. The highest BCUT2D eigenvalue weighted by Crippen LogP contribution is 2.24. The maximum absolute atomic E-state index is 13.7. The van der Waals surface area contributed by atoms with Crippen molar-refractivity contribution in [1.29, 1.82) is 0 Å². The Morgan fingerprint density at radius 2 is 1.78 bits per heavy atom. The molecule has 1 unspecified atom stereocenters. The van der Waals surface area contributed by atoms with E-state index in [9.17, 15) is 18.8 Å². The van der Waals surface area contributed by atoms with Gasteiger partial charge in [-0.1, -0.05) is 12.1 Å². The minimum atomic E-state index is -1.10. The van der Waals surface area contributed by atoms with Gasteiger partial charge in [-0.05, 0) is 61.7 Å². The maximum Gasteiger partial charge on any atom is 0.328 e. The number of carbonyl (C=O) groups excluding carboxylic acids is 3. The molecule has 6 nitrogen and oxygen atoms in total. The van der Waals surface area contributed by atoms with Gasteiger partial charge in [0, 0.05) is 12.2 Å². The summed E-state index contributed by atoms with van der Waals surface area (Å²) in [6.45, 7) is 5.30. The molecule has 7 heteroatoms. The Balaban J connectivity index is 1.82. The Kier molecular flexibility index (Phi) is 4.94. The standard InChI is InChI=1S/C20H20FN3O3/c1-11-5-7-15(8-13(11)3)24-19(26)16(10-22-20(24)27)18(25)23-14-6-4-12(2)17(21)9-14/h4-9,16H,10H2,1-3H3,(H,22,27)(H,23,25). The van der Waals surface area contributed by atoms with E-state index >= 15 is 0 Å². The molecular formula is C20H20FN3O3. The zero-order valence-corrected chi connectivity index (χ0v) is 15.3. The topological polar surface area (TPSA) is 78.5 Å². The van der Waals surface area contributed by atoms with Crippen LogP contribution >= 0.6 is 0 Å². The van der Waals surface area contributed by atoms with Crippen LogP contribution in [0.15, 0.2) is 36.4 Å². The first-order chi connectivity index (χ1) is 12.8. The van der Waals surface area contributed by atoms with E-state index < -0.39 is 29.6 Å². The zero-order valence-electron chi connectivity index (χ0n) is 15.3. The fraction of sp³-hybridized carbons (Fsp3) is 0.250. The van der Waals surface area contributed by atoms with E-state index in [1.165, 1.54) is 12.1 Å². The summed E-state index contributed by atoms with van der Waals surface area (Å²) in [5.74, 6) is -2.77.